The Labute approximate surface area is 157 Å². The molecule has 0 unspecified atom stereocenters. The van der Waals surface area contributed by atoms with Crippen molar-refractivity contribution in [3.05, 3.63) is 42.0 Å². The van der Waals surface area contributed by atoms with E-state index in [2.05, 4.69) is 20.1 Å². The molecule has 1 saturated heterocycles. The third-order valence-corrected chi connectivity index (χ3v) is 4.73. The van der Waals surface area contributed by atoms with Crippen molar-refractivity contribution in [1.82, 2.24) is 20.1 Å². The summed E-state index contributed by atoms with van der Waals surface area (Å²) >= 11 is 0. The van der Waals surface area contributed by atoms with Crippen molar-refractivity contribution in [2.75, 3.05) is 32.8 Å². The molecule has 1 aromatic carbocycles. The van der Waals surface area contributed by atoms with Crippen molar-refractivity contribution in [3.63, 3.8) is 0 Å². The molecule has 0 radical (unpaired) electrons. The molecule has 27 heavy (non-hydrogen) atoms. The van der Waals surface area contributed by atoms with Crippen LogP contribution in [0.2, 0.25) is 0 Å². The molecular formula is C20H22N4O3. The zero-order chi connectivity index (χ0) is 18.6. The number of morpholine rings is 1. The van der Waals surface area contributed by atoms with Crippen LogP contribution in [0.4, 0.5) is 0 Å². The van der Waals surface area contributed by atoms with Crippen LogP contribution in [0.5, 0.6) is 0 Å². The Balaban J connectivity index is 1.44. The topological polar surface area (TPSA) is 81.4 Å². The van der Waals surface area contributed by atoms with Gasteiger partial charge in [0.2, 0.25) is 0 Å². The van der Waals surface area contributed by atoms with Gasteiger partial charge in [0.05, 0.1) is 37.0 Å². The Morgan fingerprint density at radius 2 is 2.04 bits per heavy atom. The smallest absolute Gasteiger partial charge is 0.191 e. The standard InChI is InChI=1S/C20H22N4O3/c1-14-21-13-20(27-14)15-2-3-19-16(10-15)11-17(22-23-19)12-18(25)4-5-24-6-8-26-9-7-24/h2-3,10-11,13H,4-9,12H2,1H3. The highest BCUT2D eigenvalue weighted by Gasteiger charge is 2.13. The Morgan fingerprint density at radius 1 is 1.19 bits per heavy atom. The Morgan fingerprint density at radius 3 is 2.81 bits per heavy atom. The van der Waals surface area contributed by atoms with Crippen LogP contribution in [-0.2, 0) is 16.0 Å². The van der Waals surface area contributed by atoms with Crippen molar-refractivity contribution in [2.24, 2.45) is 0 Å². The molecule has 0 atom stereocenters. The minimum absolute atomic E-state index is 0.178. The molecular weight excluding hydrogens is 344 g/mol. The number of hydrogen-bond donors (Lipinski definition) is 0. The molecule has 7 heteroatoms. The number of rotatable bonds is 6. The number of ether oxygens (including phenoxy) is 1. The molecule has 0 saturated carbocycles. The first-order valence-electron chi connectivity index (χ1n) is 9.18. The van der Waals surface area contributed by atoms with Gasteiger partial charge in [-0.05, 0) is 24.3 Å². The minimum atomic E-state index is 0.178. The number of benzene rings is 1. The first-order valence-corrected chi connectivity index (χ1v) is 9.18. The monoisotopic (exact) mass is 366 g/mol. The second-order valence-corrected chi connectivity index (χ2v) is 6.77. The number of carbonyl (C=O) groups excluding carboxylic acids is 1. The van der Waals surface area contributed by atoms with E-state index in [4.69, 9.17) is 9.15 Å². The van der Waals surface area contributed by atoms with E-state index >= 15 is 0 Å². The molecule has 2 aromatic heterocycles. The van der Waals surface area contributed by atoms with E-state index in [0.29, 0.717) is 30.2 Å². The average molecular weight is 366 g/mol. The summed E-state index contributed by atoms with van der Waals surface area (Å²) in [6.07, 6.45) is 2.54. The van der Waals surface area contributed by atoms with Crippen LogP contribution < -0.4 is 0 Å². The SMILES string of the molecule is Cc1ncc(-c2ccc3nnc(CC(=O)CCN4CCOCC4)cc3c2)o1. The third kappa shape index (κ3) is 4.37. The van der Waals surface area contributed by atoms with E-state index in [1.807, 2.05) is 31.2 Å². The molecule has 0 aliphatic carbocycles. The van der Waals surface area contributed by atoms with E-state index in [1.54, 1.807) is 6.20 Å². The van der Waals surface area contributed by atoms with E-state index in [0.717, 1.165) is 49.3 Å². The molecule has 3 aromatic rings. The summed E-state index contributed by atoms with van der Waals surface area (Å²) < 4.78 is 10.9. The molecule has 1 fully saturated rings. The number of hydrogen-bond acceptors (Lipinski definition) is 7. The molecule has 140 valence electrons. The highest BCUT2D eigenvalue weighted by molar-refractivity contribution is 5.85. The van der Waals surface area contributed by atoms with Crippen LogP contribution in [0, 0.1) is 6.92 Å². The van der Waals surface area contributed by atoms with E-state index in [9.17, 15) is 4.79 Å². The number of carbonyl (C=O) groups is 1. The predicted molar refractivity (Wildman–Crippen MR) is 100 cm³/mol. The van der Waals surface area contributed by atoms with Gasteiger partial charge in [-0.3, -0.25) is 9.69 Å². The van der Waals surface area contributed by atoms with Gasteiger partial charge in [0.15, 0.2) is 11.7 Å². The van der Waals surface area contributed by atoms with Gasteiger partial charge in [0, 0.05) is 43.9 Å². The lowest BCUT2D eigenvalue weighted by atomic mass is 10.1. The molecule has 0 N–H and O–H groups in total. The second kappa shape index (κ2) is 7.94. The van der Waals surface area contributed by atoms with E-state index in [-0.39, 0.29) is 5.78 Å². The number of fused-ring (bicyclic) bond motifs is 1. The van der Waals surface area contributed by atoms with Crippen molar-refractivity contribution in [1.29, 1.82) is 0 Å². The number of nitrogens with zero attached hydrogens (tertiary/aromatic N) is 4. The number of oxazole rings is 1. The van der Waals surface area contributed by atoms with Crippen LogP contribution in [0.15, 0.2) is 34.9 Å². The van der Waals surface area contributed by atoms with Gasteiger partial charge in [-0.25, -0.2) is 4.98 Å². The molecule has 1 aliphatic heterocycles. The maximum atomic E-state index is 12.3. The molecule has 0 spiro atoms. The molecule has 3 heterocycles. The summed E-state index contributed by atoms with van der Waals surface area (Å²) in [7, 11) is 0. The normalized spacial score (nSPS) is 15.3. The number of aromatic nitrogens is 3. The van der Waals surface area contributed by atoms with Crippen LogP contribution in [-0.4, -0.2) is 58.7 Å². The summed E-state index contributed by atoms with van der Waals surface area (Å²) in [6.45, 7) is 5.88. The fourth-order valence-corrected chi connectivity index (χ4v) is 3.22. The lowest BCUT2D eigenvalue weighted by Gasteiger charge is -2.26. The fraction of sp³-hybridized carbons (Fsp3) is 0.400. The minimum Gasteiger partial charge on any atom is -0.441 e. The maximum absolute atomic E-state index is 12.3. The second-order valence-electron chi connectivity index (χ2n) is 6.77. The van der Waals surface area contributed by atoms with Gasteiger partial charge in [-0.2, -0.15) is 10.2 Å². The lowest BCUT2D eigenvalue weighted by molar-refractivity contribution is -0.119. The average Bonchev–Trinajstić information content (AvgIpc) is 3.13. The number of aryl methyl sites for hydroxylation is 1. The summed E-state index contributed by atoms with van der Waals surface area (Å²) in [4.78, 5) is 18.7. The summed E-state index contributed by atoms with van der Waals surface area (Å²) in [6, 6.07) is 7.76. The Hall–Kier alpha value is -2.64. The molecule has 0 bridgehead atoms. The van der Waals surface area contributed by atoms with Gasteiger partial charge in [0.1, 0.15) is 5.78 Å². The van der Waals surface area contributed by atoms with Crippen LogP contribution in [0.1, 0.15) is 18.0 Å². The van der Waals surface area contributed by atoms with Crippen molar-refractivity contribution >= 4 is 16.7 Å². The zero-order valence-electron chi connectivity index (χ0n) is 15.4. The van der Waals surface area contributed by atoms with Crippen molar-refractivity contribution < 1.29 is 13.9 Å². The summed E-state index contributed by atoms with van der Waals surface area (Å²) in [5, 5.41) is 9.39. The van der Waals surface area contributed by atoms with E-state index < -0.39 is 0 Å². The first-order chi connectivity index (χ1) is 13.2. The highest BCUT2D eigenvalue weighted by atomic mass is 16.5. The predicted octanol–water partition coefficient (Wildman–Crippen LogP) is 2.43. The van der Waals surface area contributed by atoms with Gasteiger partial charge in [-0.1, -0.05) is 0 Å². The highest BCUT2D eigenvalue weighted by Crippen LogP contribution is 2.24. The largest absolute Gasteiger partial charge is 0.441 e. The van der Waals surface area contributed by atoms with Gasteiger partial charge >= 0.3 is 0 Å². The summed E-state index contributed by atoms with van der Waals surface area (Å²) in [5.41, 5.74) is 2.42. The van der Waals surface area contributed by atoms with Crippen LogP contribution in [0.3, 0.4) is 0 Å². The van der Waals surface area contributed by atoms with Gasteiger partial charge in [-0.15, -0.1) is 0 Å². The quantitative estimate of drug-likeness (QED) is 0.663. The third-order valence-electron chi connectivity index (χ3n) is 4.73. The molecule has 4 rings (SSSR count). The summed E-state index contributed by atoms with van der Waals surface area (Å²) in [5.74, 6) is 1.52. The number of ketones is 1. The van der Waals surface area contributed by atoms with Gasteiger partial charge in [0.25, 0.3) is 0 Å². The molecule has 7 nitrogen and oxygen atoms in total. The first kappa shape index (κ1) is 17.8. The van der Waals surface area contributed by atoms with Gasteiger partial charge < -0.3 is 9.15 Å². The Kier molecular flexibility index (Phi) is 5.22. The zero-order valence-corrected chi connectivity index (χ0v) is 15.4. The number of Topliss-reactive ketones (excluding diaryl/α,β-unsaturated/α-hetero) is 1. The Bertz CT molecular complexity index is 947. The van der Waals surface area contributed by atoms with Crippen molar-refractivity contribution in [3.8, 4) is 11.3 Å². The van der Waals surface area contributed by atoms with Crippen molar-refractivity contribution in [2.45, 2.75) is 19.8 Å². The molecule has 0 amide bonds. The lowest BCUT2D eigenvalue weighted by Crippen LogP contribution is -2.37. The maximum Gasteiger partial charge on any atom is 0.191 e. The van der Waals surface area contributed by atoms with Crippen LogP contribution in [0.25, 0.3) is 22.2 Å². The molecule has 1 aliphatic rings. The van der Waals surface area contributed by atoms with Crippen LogP contribution >= 0.6 is 0 Å². The fourth-order valence-electron chi connectivity index (χ4n) is 3.22. The van der Waals surface area contributed by atoms with E-state index in [1.165, 1.54) is 0 Å².